The van der Waals surface area contributed by atoms with E-state index in [1.54, 1.807) is 0 Å². The molecule has 1 saturated carbocycles. The van der Waals surface area contributed by atoms with E-state index in [0.717, 1.165) is 19.3 Å². The van der Waals surface area contributed by atoms with Crippen LogP contribution < -0.4 is 0 Å². The lowest BCUT2D eigenvalue weighted by Gasteiger charge is -2.43. The van der Waals surface area contributed by atoms with E-state index in [4.69, 9.17) is 4.74 Å². The van der Waals surface area contributed by atoms with Crippen LogP contribution in [-0.2, 0) is 9.53 Å². The number of ether oxygens (including phenoxy) is 1. The van der Waals surface area contributed by atoms with E-state index < -0.39 is 5.41 Å². The lowest BCUT2D eigenvalue weighted by atomic mass is 9.68. The molecule has 0 heterocycles. The normalized spacial score (nSPS) is 19.9. The molecule has 1 fully saturated rings. The largest absolute Gasteiger partial charge is 0.458 e. The fraction of sp³-hybridized carbons (Fsp3) is 0.952. The molecule has 0 aromatic carbocycles. The second kappa shape index (κ2) is 7.57. The van der Waals surface area contributed by atoms with Gasteiger partial charge in [-0.15, -0.1) is 0 Å². The Labute approximate surface area is 144 Å². The van der Waals surface area contributed by atoms with Crippen LogP contribution in [0.1, 0.15) is 100 Å². The maximum absolute atomic E-state index is 13.3. The highest BCUT2D eigenvalue weighted by Crippen LogP contribution is 2.45. The smallest absolute Gasteiger partial charge is 0.312 e. The molecule has 1 rings (SSSR count). The van der Waals surface area contributed by atoms with Gasteiger partial charge in [0.25, 0.3) is 0 Å². The Hall–Kier alpha value is -0.530. The molecular formula is C21H40O2. The van der Waals surface area contributed by atoms with Crippen molar-refractivity contribution in [3.8, 4) is 0 Å². The van der Waals surface area contributed by atoms with Gasteiger partial charge in [-0.25, -0.2) is 0 Å². The summed E-state index contributed by atoms with van der Waals surface area (Å²) >= 11 is 0. The van der Waals surface area contributed by atoms with Crippen LogP contribution in [0, 0.1) is 22.7 Å². The minimum atomic E-state index is -0.410. The molecule has 0 saturated heterocycles. The van der Waals surface area contributed by atoms with Crippen molar-refractivity contribution in [1.82, 2.24) is 0 Å². The zero-order chi connectivity index (χ0) is 17.9. The number of rotatable bonds is 7. The van der Waals surface area contributed by atoms with Crippen molar-refractivity contribution in [2.24, 2.45) is 22.7 Å². The van der Waals surface area contributed by atoms with Gasteiger partial charge in [0, 0.05) is 0 Å². The molecule has 0 spiro atoms. The minimum Gasteiger partial charge on any atom is -0.458 e. The molecule has 2 heteroatoms. The summed E-state index contributed by atoms with van der Waals surface area (Å²) < 4.78 is 6.35. The molecule has 1 atom stereocenters. The van der Waals surface area contributed by atoms with Crippen LogP contribution in [0.3, 0.4) is 0 Å². The lowest BCUT2D eigenvalue weighted by molar-refractivity contribution is -0.184. The van der Waals surface area contributed by atoms with Gasteiger partial charge < -0.3 is 4.74 Å². The standard InChI is InChI=1S/C21H40O2/c1-9-21(10-2,17-13-11-12-14-17)23-18(22)20(8,16(3)4)15-19(5,6)7/h16-17H,9-15H2,1-8H3. The quantitative estimate of drug-likeness (QED) is 0.508. The maximum atomic E-state index is 13.3. The first kappa shape index (κ1) is 20.5. The lowest BCUT2D eigenvalue weighted by Crippen LogP contribution is -2.47. The van der Waals surface area contributed by atoms with Crippen molar-refractivity contribution in [2.45, 2.75) is 106 Å². The van der Waals surface area contributed by atoms with Crippen LogP contribution in [0.5, 0.6) is 0 Å². The van der Waals surface area contributed by atoms with Gasteiger partial charge >= 0.3 is 5.97 Å². The van der Waals surface area contributed by atoms with Gasteiger partial charge in [0.15, 0.2) is 0 Å². The summed E-state index contributed by atoms with van der Waals surface area (Å²) in [5, 5.41) is 0. The molecule has 1 aliphatic rings. The fourth-order valence-electron chi connectivity index (χ4n) is 4.42. The Balaban J connectivity index is 3.03. The highest BCUT2D eigenvalue weighted by molar-refractivity contribution is 5.77. The van der Waals surface area contributed by atoms with Gasteiger partial charge in [0.1, 0.15) is 5.60 Å². The average molecular weight is 325 g/mol. The Kier molecular flexibility index (Phi) is 6.75. The van der Waals surface area contributed by atoms with E-state index in [1.165, 1.54) is 25.7 Å². The summed E-state index contributed by atoms with van der Waals surface area (Å²) in [6.07, 6.45) is 7.73. The Morgan fingerprint density at radius 2 is 1.52 bits per heavy atom. The second-order valence-corrected chi connectivity index (χ2v) is 9.45. The van der Waals surface area contributed by atoms with Crippen LogP contribution in [0.15, 0.2) is 0 Å². The molecule has 1 unspecified atom stereocenters. The zero-order valence-corrected chi connectivity index (χ0v) is 16.9. The summed E-state index contributed by atoms with van der Waals surface area (Å²) in [5.74, 6) is 0.856. The molecule has 0 aliphatic heterocycles. The van der Waals surface area contributed by atoms with Crippen LogP contribution in [0.4, 0.5) is 0 Å². The first-order valence-electron chi connectivity index (χ1n) is 9.74. The molecule has 1 aliphatic carbocycles. The highest BCUT2D eigenvalue weighted by Gasteiger charge is 2.47. The highest BCUT2D eigenvalue weighted by atomic mass is 16.6. The predicted octanol–water partition coefficient (Wildman–Crippen LogP) is 6.38. The Morgan fingerprint density at radius 3 is 1.87 bits per heavy atom. The molecule has 0 aromatic heterocycles. The Bertz CT molecular complexity index is 381. The number of hydrogen-bond acceptors (Lipinski definition) is 2. The first-order valence-corrected chi connectivity index (χ1v) is 9.74. The second-order valence-electron chi connectivity index (χ2n) is 9.45. The van der Waals surface area contributed by atoms with Crippen molar-refractivity contribution >= 4 is 5.97 Å². The van der Waals surface area contributed by atoms with E-state index in [0.29, 0.717) is 5.92 Å². The van der Waals surface area contributed by atoms with E-state index in [1.807, 2.05) is 0 Å². The molecule has 0 N–H and O–H groups in total. The van der Waals surface area contributed by atoms with Crippen molar-refractivity contribution < 1.29 is 9.53 Å². The molecule has 0 bridgehead atoms. The third kappa shape index (κ3) is 4.73. The number of esters is 1. The van der Waals surface area contributed by atoms with Crippen LogP contribution in [0.25, 0.3) is 0 Å². The van der Waals surface area contributed by atoms with Crippen molar-refractivity contribution in [3.63, 3.8) is 0 Å². The maximum Gasteiger partial charge on any atom is 0.312 e. The van der Waals surface area contributed by atoms with Crippen molar-refractivity contribution in [1.29, 1.82) is 0 Å². The topological polar surface area (TPSA) is 26.3 Å². The zero-order valence-electron chi connectivity index (χ0n) is 16.9. The van der Waals surface area contributed by atoms with Gasteiger partial charge in [-0.2, -0.15) is 0 Å². The Morgan fingerprint density at radius 1 is 1.04 bits per heavy atom. The number of hydrogen-bond donors (Lipinski definition) is 0. The van der Waals surface area contributed by atoms with Gasteiger partial charge in [0.05, 0.1) is 5.41 Å². The van der Waals surface area contributed by atoms with E-state index in [-0.39, 0.29) is 22.9 Å². The van der Waals surface area contributed by atoms with Gasteiger partial charge in [0.2, 0.25) is 0 Å². The monoisotopic (exact) mass is 324 g/mol. The number of carbonyl (C=O) groups is 1. The van der Waals surface area contributed by atoms with Gasteiger partial charge in [-0.3, -0.25) is 4.79 Å². The third-order valence-corrected chi connectivity index (χ3v) is 6.23. The molecule has 0 aromatic rings. The average Bonchev–Trinajstić information content (AvgIpc) is 2.97. The fourth-order valence-corrected chi connectivity index (χ4v) is 4.42. The summed E-state index contributed by atoms with van der Waals surface area (Å²) in [5.41, 5.74) is -0.541. The van der Waals surface area contributed by atoms with Crippen molar-refractivity contribution in [2.75, 3.05) is 0 Å². The minimum absolute atomic E-state index is 0.0259. The number of carbonyl (C=O) groups excluding carboxylic acids is 1. The summed E-state index contributed by atoms with van der Waals surface area (Å²) in [7, 11) is 0. The van der Waals surface area contributed by atoms with Crippen LogP contribution in [-0.4, -0.2) is 11.6 Å². The van der Waals surface area contributed by atoms with E-state index in [9.17, 15) is 4.79 Å². The predicted molar refractivity (Wildman–Crippen MR) is 98.4 cm³/mol. The molecule has 23 heavy (non-hydrogen) atoms. The van der Waals surface area contributed by atoms with E-state index >= 15 is 0 Å². The molecule has 0 radical (unpaired) electrons. The van der Waals surface area contributed by atoms with Crippen molar-refractivity contribution in [3.05, 3.63) is 0 Å². The molecule has 2 nitrogen and oxygen atoms in total. The summed E-state index contributed by atoms with van der Waals surface area (Å²) in [4.78, 5) is 13.3. The molecule has 136 valence electrons. The van der Waals surface area contributed by atoms with Crippen LogP contribution in [0.2, 0.25) is 0 Å². The summed E-state index contributed by atoms with van der Waals surface area (Å²) in [6, 6.07) is 0. The summed E-state index contributed by atoms with van der Waals surface area (Å²) in [6.45, 7) is 17.4. The third-order valence-electron chi connectivity index (χ3n) is 6.23. The molecule has 0 amide bonds. The van der Waals surface area contributed by atoms with Gasteiger partial charge in [-0.05, 0) is 56.3 Å². The van der Waals surface area contributed by atoms with Crippen LogP contribution >= 0.6 is 0 Å². The van der Waals surface area contributed by atoms with Gasteiger partial charge in [-0.1, -0.05) is 61.3 Å². The SMILES string of the molecule is CCC(CC)(OC(=O)C(C)(CC(C)(C)C)C(C)C)C1CCCC1. The first-order chi connectivity index (χ1) is 10.5. The van der Waals surface area contributed by atoms with E-state index in [2.05, 4.69) is 55.4 Å². The molecular weight excluding hydrogens is 284 g/mol.